The van der Waals surface area contributed by atoms with Gasteiger partial charge in [0.2, 0.25) is 0 Å². The van der Waals surface area contributed by atoms with E-state index in [2.05, 4.69) is 6.92 Å². The summed E-state index contributed by atoms with van der Waals surface area (Å²) >= 11 is 0. The van der Waals surface area contributed by atoms with Gasteiger partial charge in [-0.3, -0.25) is 14.4 Å². The summed E-state index contributed by atoms with van der Waals surface area (Å²) in [6.45, 7) is 13.7. The van der Waals surface area contributed by atoms with Crippen molar-refractivity contribution in [3.05, 3.63) is 22.8 Å². The number of esters is 1. The number of ketones is 2. The van der Waals surface area contributed by atoms with Crippen LogP contribution in [0, 0.1) is 39.4 Å². The maximum atomic E-state index is 14.1. The van der Waals surface area contributed by atoms with Crippen molar-refractivity contribution in [2.75, 3.05) is 7.11 Å². The van der Waals surface area contributed by atoms with Crippen LogP contribution in [0.2, 0.25) is 0 Å². The summed E-state index contributed by atoms with van der Waals surface area (Å²) in [6, 6.07) is 0. The van der Waals surface area contributed by atoms with E-state index in [0.29, 0.717) is 30.4 Å². The maximum Gasteiger partial charge on any atom is 0.308 e. The van der Waals surface area contributed by atoms with E-state index < -0.39 is 51.9 Å². The number of aliphatic hydroxyl groups is 3. The third-order valence-corrected chi connectivity index (χ3v) is 11.4. The molecule has 7 nitrogen and oxygen atoms in total. The van der Waals surface area contributed by atoms with Crippen molar-refractivity contribution in [3.8, 4) is 0 Å². The molecule has 0 saturated heterocycles. The predicted octanol–water partition coefficient (Wildman–Crippen LogP) is 3.93. The molecule has 9 atom stereocenters. The number of fused-ring (bicyclic) bond motifs is 4. The zero-order valence-electron chi connectivity index (χ0n) is 24.3. The number of methoxy groups -OCH3 is 1. The van der Waals surface area contributed by atoms with Gasteiger partial charge in [-0.2, -0.15) is 0 Å². The van der Waals surface area contributed by atoms with Gasteiger partial charge in [-0.05, 0) is 47.5 Å². The van der Waals surface area contributed by atoms with Gasteiger partial charge in [0.25, 0.3) is 0 Å². The molecular weight excluding hydrogens is 484 g/mol. The minimum atomic E-state index is -0.913. The second-order valence-corrected chi connectivity index (χ2v) is 13.9. The average molecular weight is 531 g/mol. The Bertz CT molecular complexity index is 1100. The molecule has 0 heterocycles. The van der Waals surface area contributed by atoms with E-state index in [1.807, 2.05) is 34.6 Å². The van der Waals surface area contributed by atoms with Crippen LogP contribution in [0.3, 0.4) is 0 Å². The lowest BCUT2D eigenvalue weighted by Crippen LogP contribution is -2.61. The van der Waals surface area contributed by atoms with Crippen LogP contribution in [0.4, 0.5) is 0 Å². The number of ether oxygens (including phenoxy) is 1. The lowest BCUT2D eigenvalue weighted by atomic mass is 9.42. The zero-order chi connectivity index (χ0) is 28.6. The first-order valence-corrected chi connectivity index (χ1v) is 14.1. The van der Waals surface area contributed by atoms with E-state index >= 15 is 0 Å². The summed E-state index contributed by atoms with van der Waals surface area (Å²) in [5, 5.41) is 34.1. The van der Waals surface area contributed by atoms with Gasteiger partial charge in [0.1, 0.15) is 5.78 Å². The van der Waals surface area contributed by atoms with E-state index in [1.165, 1.54) is 7.11 Å². The number of hydrogen-bond donors (Lipinski definition) is 3. The number of allylic oxidation sites excluding steroid dienone is 2. The van der Waals surface area contributed by atoms with Gasteiger partial charge < -0.3 is 20.1 Å². The molecule has 1 fully saturated rings. The summed E-state index contributed by atoms with van der Waals surface area (Å²) in [5.74, 6) is -1.33. The number of rotatable bonds is 6. The highest BCUT2D eigenvalue weighted by Crippen LogP contribution is 2.70. The largest absolute Gasteiger partial charge is 0.469 e. The molecule has 0 aromatic carbocycles. The Balaban J connectivity index is 1.72. The smallest absolute Gasteiger partial charge is 0.308 e. The molecule has 212 valence electrons. The molecule has 0 aromatic heterocycles. The molecule has 38 heavy (non-hydrogen) atoms. The van der Waals surface area contributed by atoms with Crippen LogP contribution >= 0.6 is 0 Å². The zero-order valence-corrected chi connectivity index (χ0v) is 24.3. The van der Waals surface area contributed by atoms with Crippen LogP contribution in [0.25, 0.3) is 0 Å². The number of hydrogen-bond acceptors (Lipinski definition) is 7. The number of Topliss-reactive ketones (excluding diaryl/α,β-unsaturated/α-hetero) is 2. The van der Waals surface area contributed by atoms with Crippen LogP contribution < -0.4 is 0 Å². The number of carbonyl (C=O) groups excluding carboxylic acids is 3. The first-order chi connectivity index (χ1) is 17.5. The monoisotopic (exact) mass is 530 g/mol. The van der Waals surface area contributed by atoms with Crippen molar-refractivity contribution < 1.29 is 34.4 Å². The minimum absolute atomic E-state index is 0.00347. The molecule has 0 radical (unpaired) electrons. The van der Waals surface area contributed by atoms with Gasteiger partial charge in [0.15, 0.2) is 5.78 Å². The van der Waals surface area contributed by atoms with E-state index in [-0.39, 0.29) is 42.7 Å². The van der Waals surface area contributed by atoms with E-state index in [9.17, 15) is 29.7 Å². The van der Waals surface area contributed by atoms with Crippen molar-refractivity contribution >= 4 is 17.5 Å². The van der Waals surface area contributed by atoms with Crippen LogP contribution in [-0.4, -0.2) is 58.3 Å². The third-order valence-electron chi connectivity index (χ3n) is 11.4. The summed E-state index contributed by atoms with van der Waals surface area (Å²) in [4.78, 5) is 38.8. The van der Waals surface area contributed by atoms with Gasteiger partial charge in [0.05, 0.1) is 31.3 Å². The maximum absolute atomic E-state index is 14.1. The molecule has 1 saturated carbocycles. The highest BCUT2D eigenvalue weighted by molar-refractivity contribution is 6.00. The molecule has 0 aromatic rings. The fourth-order valence-corrected chi connectivity index (χ4v) is 8.96. The molecule has 4 aliphatic carbocycles. The Kier molecular flexibility index (Phi) is 7.20. The first kappa shape index (κ1) is 29.2. The van der Waals surface area contributed by atoms with Gasteiger partial charge in [-0.15, -0.1) is 0 Å². The van der Waals surface area contributed by atoms with Gasteiger partial charge in [0, 0.05) is 35.7 Å². The highest BCUT2D eigenvalue weighted by Gasteiger charge is 2.68. The van der Waals surface area contributed by atoms with Crippen molar-refractivity contribution in [2.24, 2.45) is 39.4 Å². The number of aliphatic hydroxyl groups excluding tert-OH is 3. The quantitative estimate of drug-likeness (QED) is 0.351. The molecule has 4 rings (SSSR count). The highest BCUT2D eigenvalue weighted by atomic mass is 16.5. The average Bonchev–Trinajstić information content (AvgIpc) is 3.03. The molecule has 0 amide bonds. The van der Waals surface area contributed by atoms with E-state index in [0.717, 1.165) is 5.57 Å². The van der Waals surface area contributed by atoms with Crippen molar-refractivity contribution in [1.29, 1.82) is 0 Å². The fourth-order valence-electron chi connectivity index (χ4n) is 8.96. The molecule has 7 heteroatoms. The molecule has 0 aliphatic heterocycles. The minimum Gasteiger partial charge on any atom is -0.469 e. The Labute approximate surface area is 226 Å². The van der Waals surface area contributed by atoms with Gasteiger partial charge >= 0.3 is 5.97 Å². The second-order valence-electron chi connectivity index (χ2n) is 13.9. The van der Waals surface area contributed by atoms with Crippen LogP contribution in [-0.2, 0) is 19.1 Å². The Morgan fingerprint density at radius 1 is 1.08 bits per heavy atom. The SMILES string of the molecule is COC(=O)[C@H](C)CC(=O)C[C@@H](C)C1=C[C@@H](O)[C@@]2(C)C3=C(C(=O)C[C@]12C)[C@@]1(C)CC[C@H](O)C(C)(C)[C@@H]1C[C@@H]3O. The molecule has 4 aliphatic rings. The normalized spacial score (nSPS) is 41.4. The van der Waals surface area contributed by atoms with Crippen molar-refractivity contribution in [3.63, 3.8) is 0 Å². The summed E-state index contributed by atoms with van der Waals surface area (Å²) in [5.41, 5.74) is -0.427. The summed E-state index contributed by atoms with van der Waals surface area (Å²) in [7, 11) is 1.31. The molecular formula is C31H46O7. The second kappa shape index (κ2) is 9.38. The summed E-state index contributed by atoms with van der Waals surface area (Å²) < 4.78 is 4.75. The Morgan fingerprint density at radius 3 is 2.32 bits per heavy atom. The summed E-state index contributed by atoms with van der Waals surface area (Å²) in [6.07, 6.45) is 1.64. The molecule has 3 N–H and O–H groups in total. The van der Waals surface area contributed by atoms with E-state index in [1.54, 1.807) is 13.0 Å². The fraction of sp³-hybridized carbons (Fsp3) is 0.774. The Morgan fingerprint density at radius 2 is 1.71 bits per heavy atom. The van der Waals surface area contributed by atoms with Crippen molar-refractivity contribution in [1.82, 2.24) is 0 Å². The first-order valence-electron chi connectivity index (χ1n) is 14.1. The topological polar surface area (TPSA) is 121 Å². The van der Waals surface area contributed by atoms with Crippen LogP contribution in [0.5, 0.6) is 0 Å². The van der Waals surface area contributed by atoms with Gasteiger partial charge in [-0.25, -0.2) is 0 Å². The van der Waals surface area contributed by atoms with Crippen molar-refractivity contribution in [2.45, 2.75) is 105 Å². The molecule has 0 unspecified atom stereocenters. The standard InChI is InChI=1S/C31H46O7/c1-16(11-18(32)12-17(2)27(37)38-8)19-13-24(36)31(7)26-20(33)14-22-28(3,4)23(35)9-10-29(22,5)25(26)21(34)15-30(19,31)6/h13,16-17,20,22-24,33,35-36H,9-12,14-15H2,1-8H3/t16-,17-,20+,22+,23+,24-,29+,30-,31+/m1/s1. The predicted molar refractivity (Wildman–Crippen MR) is 143 cm³/mol. The van der Waals surface area contributed by atoms with E-state index in [4.69, 9.17) is 4.74 Å². The van der Waals surface area contributed by atoms with Crippen LogP contribution in [0.1, 0.15) is 87.0 Å². The van der Waals surface area contributed by atoms with Gasteiger partial charge in [-0.1, -0.05) is 60.1 Å². The van der Waals surface area contributed by atoms with Crippen LogP contribution in [0.15, 0.2) is 22.8 Å². The Hall–Kier alpha value is -1.83. The lowest BCUT2D eigenvalue weighted by Gasteiger charge is -2.62. The number of carbonyl (C=O) groups is 3. The molecule has 0 spiro atoms. The lowest BCUT2D eigenvalue weighted by molar-refractivity contribution is -0.146. The third kappa shape index (κ3) is 3.90. The molecule has 0 bridgehead atoms.